The van der Waals surface area contributed by atoms with E-state index in [1.165, 1.54) is 12.0 Å². The molecule has 0 spiro atoms. The van der Waals surface area contributed by atoms with Gasteiger partial charge < -0.3 is 9.26 Å². The van der Waals surface area contributed by atoms with Crippen LogP contribution in [0.25, 0.3) is 0 Å². The Hall–Kier alpha value is -1.72. The minimum atomic E-state index is -0.443. The third-order valence-electron chi connectivity index (χ3n) is 2.45. The molecule has 1 aliphatic rings. The van der Waals surface area contributed by atoms with Crippen LogP contribution in [0.15, 0.2) is 9.32 Å². The van der Waals surface area contributed by atoms with E-state index in [0.29, 0.717) is 11.3 Å². The molecule has 6 heteroatoms. The fraction of sp³-hybridized carbons (Fsp3) is 0.500. The summed E-state index contributed by atoms with van der Waals surface area (Å²) < 4.78 is 9.20. The number of hydrogen-bond acceptors (Lipinski definition) is 4. The first-order valence-electron chi connectivity index (χ1n) is 4.20. The van der Waals surface area contributed by atoms with Crippen molar-refractivity contribution in [3.05, 3.63) is 21.7 Å². The molecule has 1 amide bonds. The van der Waals surface area contributed by atoms with Crippen LogP contribution in [0.1, 0.15) is 24.2 Å². The molecule has 0 radical (unpaired) electrons. The van der Waals surface area contributed by atoms with Gasteiger partial charge in [-0.25, -0.2) is 14.7 Å². The van der Waals surface area contributed by atoms with Gasteiger partial charge in [0, 0.05) is 0 Å². The second-order valence-electron chi connectivity index (χ2n) is 3.16. The summed E-state index contributed by atoms with van der Waals surface area (Å²) in [5.74, 6) is 0. The molecule has 2 rings (SSSR count). The lowest BCUT2D eigenvalue weighted by atomic mass is 10.2. The summed E-state index contributed by atoms with van der Waals surface area (Å²) >= 11 is 0. The Morgan fingerprint density at radius 2 is 2.43 bits per heavy atom. The number of methoxy groups -OCH3 is 1. The molecule has 0 aromatic carbocycles. The lowest BCUT2D eigenvalue weighted by Gasteiger charge is -2.19. The Bertz CT molecular complexity index is 419. The van der Waals surface area contributed by atoms with E-state index in [-0.39, 0.29) is 12.6 Å². The highest BCUT2D eigenvalue weighted by molar-refractivity contribution is 5.69. The molecule has 0 aliphatic carbocycles. The number of ether oxygens (including phenoxy) is 1. The number of aromatic amines is 1. The summed E-state index contributed by atoms with van der Waals surface area (Å²) in [6, 6.07) is -0.205. The molecule has 1 atom stereocenters. The van der Waals surface area contributed by atoms with E-state index in [0.717, 1.165) is 0 Å². The molecular weight excluding hydrogens is 188 g/mol. The second-order valence-corrected chi connectivity index (χ2v) is 3.16. The first-order chi connectivity index (χ1) is 6.65. The van der Waals surface area contributed by atoms with Crippen LogP contribution >= 0.6 is 0 Å². The third kappa shape index (κ3) is 1.03. The Balaban J connectivity index is 2.34. The predicted molar refractivity (Wildman–Crippen MR) is 45.7 cm³/mol. The number of fused-ring (bicyclic) bond motifs is 1. The monoisotopic (exact) mass is 198 g/mol. The molecule has 0 bridgehead atoms. The SMILES string of the molecule is COC(=O)N1Cc2c([nH]oc2=O)C1C. The van der Waals surface area contributed by atoms with Gasteiger partial charge in [0.25, 0.3) is 0 Å². The van der Waals surface area contributed by atoms with Crippen molar-refractivity contribution in [2.24, 2.45) is 0 Å². The van der Waals surface area contributed by atoms with Gasteiger partial charge in [-0.15, -0.1) is 0 Å². The van der Waals surface area contributed by atoms with E-state index in [1.807, 2.05) is 0 Å². The highest BCUT2D eigenvalue weighted by atomic mass is 16.5. The Morgan fingerprint density at radius 1 is 1.71 bits per heavy atom. The third-order valence-corrected chi connectivity index (χ3v) is 2.45. The lowest BCUT2D eigenvalue weighted by molar-refractivity contribution is 0.109. The smallest absolute Gasteiger partial charge is 0.410 e. The summed E-state index contributed by atoms with van der Waals surface area (Å²) in [6.45, 7) is 2.04. The van der Waals surface area contributed by atoms with Crippen LogP contribution in [0, 0.1) is 0 Å². The van der Waals surface area contributed by atoms with E-state index in [1.54, 1.807) is 6.92 Å². The molecule has 0 fully saturated rings. The molecule has 2 heterocycles. The molecule has 0 saturated carbocycles. The molecule has 1 aromatic heterocycles. The van der Waals surface area contributed by atoms with E-state index >= 15 is 0 Å². The number of nitrogens with one attached hydrogen (secondary N) is 1. The maximum Gasteiger partial charge on any atom is 0.410 e. The van der Waals surface area contributed by atoms with Crippen LogP contribution in [0.2, 0.25) is 0 Å². The zero-order valence-electron chi connectivity index (χ0n) is 7.86. The summed E-state index contributed by atoms with van der Waals surface area (Å²) in [6.07, 6.45) is -0.443. The van der Waals surface area contributed by atoms with Crippen molar-refractivity contribution in [2.75, 3.05) is 7.11 Å². The number of H-pyrrole nitrogens is 1. The lowest BCUT2D eigenvalue weighted by Crippen LogP contribution is -2.28. The molecule has 1 aromatic rings. The maximum absolute atomic E-state index is 11.3. The molecule has 76 valence electrons. The van der Waals surface area contributed by atoms with Crippen molar-refractivity contribution >= 4 is 6.09 Å². The molecule has 14 heavy (non-hydrogen) atoms. The highest BCUT2D eigenvalue weighted by Gasteiger charge is 2.35. The van der Waals surface area contributed by atoms with Gasteiger partial charge in [-0.05, 0) is 6.92 Å². The average Bonchev–Trinajstić information content (AvgIpc) is 2.69. The van der Waals surface area contributed by atoms with E-state index in [4.69, 9.17) is 0 Å². The maximum atomic E-state index is 11.3. The van der Waals surface area contributed by atoms with Crippen LogP contribution in [-0.4, -0.2) is 23.3 Å². The number of nitrogens with zero attached hydrogens (tertiary/aromatic N) is 1. The van der Waals surface area contributed by atoms with Crippen molar-refractivity contribution in [3.8, 4) is 0 Å². The first kappa shape index (κ1) is 8.86. The number of amides is 1. The topological polar surface area (TPSA) is 75.5 Å². The molecule has 6 nitrogen and oxygen atoms in total. The van der Waals surface area contributed by atoms with Gasteiger partial charge in [0.15, 0.2) is 0 Å². The van der Waals surface area contributed by atoms with Crippen molar-refractivity contribution in [3.63, 3.8) is 0 Å². The van der Waals surface area contributed by atoms with Gasteiger partial charge in [0.1, 0.15) is 0 Å². The Kier molecular flexibility index (Phi) is 1.83. The zero-order valence-corrected chi connectivity index (χ0v) is 7.86. The predicted octanol–water partition coefficient (Wildman–Crippen LogP) is 0.611. The molecule has 0 saturated heterocycles. The van der Waals surface area contributed by atoms with Crippen molar-refractivity contribution < 1.29 is 14.1 Å². The van der Waals surface area contributed by atoms with Gasteiger partial charge in [0.2, 0.25) is 0 Å². The van der Waals surface area contributed by atoms with E-state index < -0.39 is 11.7 Å². The van der Waals surface area contributed by atoms with Gasteiger partial charge in [0.05, 0.1) is 31.0 Å². The van der Waals surface area contributed by atoms with E-state index in [2.05, 4.69) is 14.4 Å². The fourth-order valence-corrected chi connectivity index (χ4v) is 1.62. The Morgan fingerprint density at radius 3 is 3.00 bits per heavy atom. The first-order valence-corrected chi connectivity index (χ1v) is 4.20. The number of carbonyl (C=O) groups is 1. The summed E-state index contributed by atoms with van der Waals surface area (Å²) in [7, 11) is 1.31. The number of aromatic nitrogens is 1. The van der Waals surface area contributed by atoms with Crippen LogP contribution in [0.3, 0.4) is 0 Å². The quantitative estimate of drug-likeness (QED) is 0.662. The van der Waals surface area contributed by atoms with Gasteiger partial charge in [-0.1, -0.05) is 0 Å². The molecule has 1 unspecified atom stereocenters. The number of rotatable bonds is 0. The minimum absolute atomic E-state index is 0.205. The standard InChI is InChI=1S/C8H10N2O4/c1-4-6-5(7(11)14-9-6)3-10(4)8(12)13-2/h4,9H,3H2,1-2H3. The van der Waals surface area contributed by atoms with Crippen LogP contribution in [0.5, 0.6) is 0 Å². The van der Waals surface area contributed by atoms with Crippen molar-refractivity contribution in [1.82, 2.24) is 10.1 Å². The van der Waals surface area contributed by atoms with Gasteiger partial charge in [-0.2, -0.15) is 0 Å². The van der Waals surface area contributed by atoms with E-state index in [9.17, 15) is 9.59 Å². The van der Waals surface area contributed by atoms with Gasteiger partial charge in [-0.3, -0.25) is 4.90 Å². The number of hydrogen-bond donors (Lipinski definition) is 1. The summed E-state index contributed by atoms with van der Waals surface area (Å²) in [4.78, 5) is 23.9. The normalized spacial score (nSPS) is 19.6. The Labute approximate surface area is 79.4 Å². The second kappa shape index (κ2) is 2.90. The molecule has 1 aliphatic heterocycles. The van der Waals surface area contributed by atoms with Crippen molar-refractivity contribution in [1.29, 1.82) is 0 Å². The largest absolute Gasteiger partial charge is 0.453 e. The van der Waals surface area contributed by atoms with Gasteiger partial charge >= 0.3 is 11.7 Å². The fourth-order valence-electron chi connectivity index (χ4n) is 1.62. The van der Waals surface area contributed by atoms with Crippen LogP contribution < -0.4 is 5.63 Å². The van der Waals surface area contributed by atoms with Crippen LogP contribution in [-0.2, 0) is 11.3 Å². The summed E-state index contributed by atoms with van der Waals surface area (Å²) in [5, 5.41) is 2.51. The zero-order chi connectivity index (χ0) is 10.3. The molecule has 1 N–H and O–H groups in total. The average molecular weight is 198 g/mol. The van der Waals surface area contributed by atoms with Crippen LogP contribution in [0.4, 0.5) is 4.79 Å². The summed E-state index contributed by atoms with van der Waals surface area (Å²) in [5.41, 5.74) is 0.738. The number of carbonyl (C=O) groups excluding carboxylic acids is 1. The minimum Gasteiger partial charge on any atom is -0.453 e. The molecular formula is C8H10N2O4. The highest BCUT2D eigenvalue weighted by Crippen LogP contribution is 2.30. The van der Waals surface area contributed by atoms with Crippen molar-refractivity contribution in [2.45, 2.75) is 19.5 Å².